The van der Waals surface area contributed by atoms with Crippen molar-refractivity contribution in [1.29, 1.82) is 0 Å². The van der Waals surface area contributed by atoms with Crippen LogP contribution in [0, 0.1) is 19.8 Å². The first kappa shape index (κ1) is 29.5. The zero-order valence-electron chi connectivity index (χ0n) is 21.6. The van der Waals surface area contributed by atoms with Gasteiger partial charge in [0.05, 0.1) is 10.3 Å². The Balaban J connectivity index is 0.000000505. The van der Waals surface area contributed by atoms with Gasteiger partial charge in [0.15, 0.2) is 0 Å². The van der Waals surface area contributed by atoms with Crippen LogP contribution in [0.2, 0.25) is 0 Å². The first-order valence-electron chi connectivity index (χ1n) is 12.5. The van der Waals surface area contributed by atoms with Crippen molar-refractivity contribution < 1.29 is 36.3 Å². The van der Waals surface area contributed by atoms with E-state index in [2.05, 4.69) is 17.0 Å². The predicted molar refractivity (Wildman–Crippen MR) is 137 cm³/mol. The third kappa shape index (κ3) is 7.27. The molecule has 2 aliphatic rings. The molecule has 0 aromatic heterocycles. The molecule has 0 spiro atoms. The first-order chi connectivity index (χ1) is 17.6. The molecule has 0 unspecified atom stereocenters. The number of hydrogen-bond acceptors (Lipinski definition) is 4. The largest absolute Gasteiger partial charge is 0.490 e. The number of aryl methyl sites for hydroxylation is 2. The second-order valence-corrected chi connectivity index (χ2v) is 11.9. The van der Waals surface area contributed by atoms with Gasteiger partial charge < -0.3 is 10.4 Å². The zero-order valence-corrected chi connectivity index (χ0v) is 22.4. The monoisotopic (exact) mass is 554 g/mol. The highest BCUT2D eigenvalue weighted by atomic mass is 32.2. The van der Waals surface area contributed by atoms with E-state index in [-0.39, 0.29) is 16.8 Å². The molecule has 0 atom stereocenters. The van der Waals surface area contributed by atoms with Gasteiger partial charge in [0, 0.05) is 11.7 Å². The SMILES string of the molecule is Cc1ccc(S(=O)(=O)Nc2ccc(C3(C(=O)NC4CCC(C)CC4)CC3)cc2)c(C)c1.O=C(O)C(F)(F)F. The molecule has 0 radical (unpaired) electrons. The Hall–Kier alpha value is -3.08. The highest BCUT2D eigenvalue weighted by Gasteiger charge is 2.51. The molecule has 208 valence electrons. The number of hydrogen-bond donors (Lipinski definition) is 3. The number of benzene rings is 2. The van der Waals surface area contributed by atoms with Crippen LogP contribution in [0.5, 0.6) is 0 Å². The number of alkyl halides is 3. The summed E-state index contributed by atoms with van der Waals surface area (Å²) in [5.74, 6) is -1.88. The second-order valence-electron chi connectivity index (χ2n) is 10.3. The number of carbonyl (C=O) groups is 2. The third-order valence-corrected chi connectivity index (χ3v) is 8.63. The Morgan fingerprint density at radius 3 is 2.00 bits per heavy atom. The third-order valence-electron chi connectivity index (χ3n) is 7.09. The second kappa shape index (κ2) is 11.3. The van der Waals surface area contributed by atoms with Crippen molar-refractivity contribution in [3.8, 4) is 0 Å². The quantitative estimate of drug-likeness (QED) is 0.439. The zero-order chi connectivity index (χ0) is 28.3. The maximum atomic E-state index is 13.0. The molecule has 4 rings (SSSR count). The van der Waals surface area contributed by atoms with Crippen LogP contribution in [0.25, 0.3) is 0 Å². The normalized spacial score (nSPS) is 20.5. The number of carbonyl (C=O) groups excluding carboxylic acids is 1. The summed E-state index contributed by atoms with van der Waals surface area (Å²) in [6.45, 7) is 6.01. The van der Waals surface area contributed by atoms with Gasteiger partial charge >= 0.3 is 12.1 Å². The van der Waals surface area contributed by atoms with Gasteiger partial charge in [-0.2, -0.15) is 13.2 Å². The summed E-state index contributed by atoms with van der Waals surface area (Å²) in [6, 6.07) is 12.9. The standard InChI is InChI=1S/C25H32N2O3S.C2HF3O2/c1-17-4-9-21(10-5-17)26-24(28)25(14-15-25)20-7-11-22(12-8-20)27-31(29,30)23-13-6-18(2)16-19(23)3;3-2(4,5)1(6)7/h6-8,11-13,16-17,21,27H,4-5,9-10,14-15H2,1-3H3,(H,26,28);(H,6,7). The smallest absolute Gasteiger partial charge is 0.475 e. The van der Waals surface area contributed by atoms with Crippen LogP contribution < -0.4 is 10.0 Å². The lowest BCUT2D eigenvalue weighted by atomic mass is 9.86. The number of carboxylic acid groups (broad SMARTS) is 1. The molecule has 0 aliphatic heterocycles. The average Bonchev–Trinajstić information content (AvgIpc) is 3.62. The van der Waals surface area contributed by atoms with Gasteiger partial charge in [0.1, 0.15) is 0 Å². The number of rotatable bonds is 6. The van der Waals surface area contributed by atoms with E-state index in [4.69, 9.17) is 9.90 Å². The van der Waals surface area contributed by atoms with E-state index in [0.29, 0.717) is 5.69 Å². The molecule has 2 fully saturated rings. The minimum atomic E-state index is -5.08. The molecule has 2 aromatic rings. The molecule has 0 saturated heterocycles. The van der Waals surface area contributed by atoms with Crippen molar-refractivity contribution in [2.75, 3.05) is 4.72 Å². The van der Waals surface area contributed by atoms with Crippen LogP contribution in [0.15, 0.2) is 47.4 Å². The number of anilines is 1. The van der Waals surface area contributed by atoms with E-state index >= 15 is 0 Å². The Kier molecular flexibility index (Phi) is 8.80. The lowest BCUT2D eigenvalue weighted by Gasteiger charge is -2.28. The van der Waals surface area contributed by atoms with Crippen LogP contribution in [0.4, 0.5) is 18.9 Å². The van der Waals surface area contributed by atoms with Gasteiger partial charge in [-0.1, -0.05) is 36.8 Å². The molecule has 38 heavy (non-hydrogen) atoms. The Morgan fingerprint density at radius 1 is 0.974 bits per heavy atom. The fraction of sp³-hybridized carbons (Fsp3) is 0.481. The number of sulfonamides is 1. The molecule has 7 nitrogen and oxygen atoms in total. The van der Waals surface area contributed by atoms with E-state index in [0.717, 1.165) is 48.3 Å². The highest BCUT2D eigenvalue weighted by molar-refractivity contribution is 7.92. The van der Waals surface area contributed by atoms with Gasteiger partial charge in [-0.25, -0.2) is 13.2 Å². The van der Waals surface area contributed by atoms with Crippen molar-refractivity contribution in [3.63, 3.8) is 0 Å². The van der Waals surface area contributed by atoms with E-state index in [1.165, 1.54) is 12.8 Å². The summed E-state index contributed by atoms with van der Waals surface area (Å²) in [7, 11) is -3.66. The molecular formula is C27H33F3N2O5S. The molecule has 2 saturated carbocycles. The Bertz CT molecular complexity index is 1260. The van der Waals surface area contributed by atoms with Crippen LogP contribution in [-0.2, 0) is 25.0 Å². The molecule has 11 heteroatoms. The summed E-state index contributed by atoms with van der Waals surface area (Å²) in [5, 5.41) is 10.4. The van der Waals surface area contributed by atoms with Crippen molar-refractivity contribution in [2.24, 2.45) is 5.92 Å². The maximum absolute atomic E-state index is 13.0. The first-order valence-corrected chi connectivity index (χ1v) is 13.9. The number of amides is 1. The van der Waals surface area contributed by atoms with Crippen molar-refractivity contribution in [1.82, 2.24) is 5.32 Å². The van der Waals surface area contributed by atoms with Gasteiger partial charge in [0.2, 0.25) is 5.91 Å². The molecule has 2 aliphatic carbocycles. The van der Waals surface area contributed by atoms with E-state index in [1.54, 1.807) is 31.2 Å². The van der Waals surface area contributed by atoms with Crippen molar-refractivity contribution >= 4 is 27.6 Å². The number of carboxylic acids is 1. The van der Waals surface area contributed by atoms with Crippen LogP contribution >= 0.6 is 0 Å². The minimum Gasteiger partial charge on any atom is -0.475 e. The van der Waals surface area contributed by atoms with Gasteiger partial charge in [-0.15, -0.1) is 0 Å². The van der Waals surface area contributed by atoms with Crippen molar-refractivity contribution in [2.45, 2.75) is 81.8 Å². The summed E-state index contributed by atoms with van der Waals surface area (Å²) in [6.07, 6.45) is 1.07. The summed E-state index contributed by atoms with van der Waals surface area (Å²) in [4.78, 5) is 22.2. The van der Waals surface area contributed by atoms with E-state index < -0.39 is 27.6 Å². The lowest BCUT2D eigenvalue weighted by molar-refractivity contribution is -0.192. The fourth-order valence-corrected chi connectivity index (χ4v) is 5.95. The topological polar surface area (TPSA) is 113 Å². The van der Waals surface area contributed by atoms with Gasteiger partial charge in [-0.05, 0) is 87.6 Å². The summed E-state index contributed by atoms with van der Waals surface area (Å²) in [5.41, 5.74) is 2.75. The molecule has 0 bridgehead atoms. The predicted octanol–water partition coefficient (Wildman–Crippen LogP) is 5.46. The average molecular weight is 555 g/mol. The van der Waals surface area contributed by atoms with E-state index in [9.17, 15) is 26.4 Å². The van der Waals surface area contributed by atoms with Crippen LogP contribution in [0.3, 0.4) is 0 Å². The van der Waals surface area contributed by atoms with Gasteiger partial charge in [-0.3, -0.25) is 9.52 Å². The lowest BCUT2D eigenvalue weighted by Crippen LogP contribution is -2.43. The summed E-state index contributed by atoms with van der Waals surface area (Å²) >= 11 is 0. The number of halogens is 3. The summed E-state index contributed by atoms with van der Waals surface area (Å²) < 4.78 is 60.0. The minimum absolute atomic E-state index is 0.121. The highest BCUT2D eigenvalue weighted by Crippen LogP contribution is 2.49. The van der Waals surface area contributed by atoms with Crippen LogP contribution in [-0.4, -0.2) is 37.6 Å². The van der Waals surface area contributed by atoms with Gasteiger partial charge in [0.25, 0.3) is 10.0 Å². The molecular weight excluding hydrogens is 521 g/mol. The number of aliphatic carboxylic acids is 1. The molecule has 0 heterocycles. The fourth-order valence-electron chi connectivity index (χ4n) is 4.67. The number of nitrogens with one attached hydrogen (secondary N) is 2. The van der Waals surface area contributed by atoms with E-state index in [1.807, 2.05) is 25.1 Å². The van der Waals surface area contributed by atoms with Crippen molar-refractivity contribution in [3.05, 3.63) is 59.2 Å². The molecule has 1 amide bonds. The molecule has 2 aromatic carbocycles. The van der Waals surface area contributed by atoms with Crippen LogP contribution in [0.1, 0.15) is 62.1 Å². The maximum Gasteiger partial charge on any atom is 0.490 e. The molecule has 3 N–H and O–H groups in total. The Labute approximate surface area is 220 Å². The Morgan fingerprint density at radius 2 is 1.53 bits per heavy atom.